The molecule has 9 nitrogen and oxygen atoms in total. The lowest BCUT2D eigenvalue weighted by Crippen LogP contribution is -2.50. The first-order valence-electron chi connectivity index (χ1n) is 13.3. The van der Waals surface area contributed by atoms with E-state index in [1.54, 1.807) is 15.9 Å². The normalized spacial score (nSPS) is 23.3. The maximum absolute atomic E-state index is 13.2. The maximum atomic E-state index is 13.2. The average molecular weight is 504 g/mol. The molecule has 0 radical (unpaired) electrons. The summed E-state index contributed by atoms with van der Waals surface area (Å²) in [6.45, 7) is 11.3. The first-order valence-corrected chi connectivity index (χ1v) is 13.3. The van der Waals surface area contributed by atoms with Gasteiger partial charge in [-0.05, 0) is 64.5 Å². The lowest BCUT2D eigenvalue weighted by molar-refractivity contribution is -0.161. The van der Waals surface area contributed by atoms with Crippen molar-refractivity contribution in [3.8, 4) is 5.75 Å². The minimum absolute atomic E-state index is 0.0556. The number of phenolic OH excluding ortho intramolecular Hbond substituents is 1. The zero-order chi connectivity index (χ0) is 25.9. The van der Waals surface area contributed by atoms with Gasteiger partial charge in [-0.3, -0.25) is 4.79 Å². The van der Waals surface area contributed by atoms with Crippen LogP contribution >= 0.6 is 0 Å². The zero-order valence-corrected chi connectivity index (χ0v) is 22.1. The number of benzene rings is 1. The Hall–Kier alpha value is -2.52. The Morgan fingerprint density at radius 3 is 2.53 bits per heavy atom. The molecule has 36 heavy (non-hydrogen) atoms. The predicted octanol–water partition coefficient (Wildman–Crippen LogP) is 3.91. The van der Waals surface area contributed by atoms with Gasteiger partial charge in [-0.15, -0.1) is 0 Å². The second-order valence-electron chi connectivity index (χ2n) is 11.0. The quantitative estimate of drug-likeness (QED) is 0.651. The highest BCUT2D eigenvalue weighted by Crippen LogP contribution is 2.39. The van der Waals surface area contributed by atoms with Gasteiger partial charge in [-0.25, -0.2) is 4.79 Å². The topological polar surface area (TPSA) is 91.8 Å². The number of carbonyl (C=O) groups is 2. The summed E-state index contributed by atoms with van der Waals surface area (Å²) in [5.41, 5.74) is 2.01. The average Bonchev–Trinajstić information content (AvgIpc) is 2.95. The molecule has 1 N–H and O–H groups in total. The molecule has 200 valence electrons. The molecule has 0 saturated carbocycles. The van der Waals surface area contributed by atoms with Crippen molar-refractivity contribution >= 4 is 23.4 Å². The van der Waals surface area contributed by atoms with Crippen LogP contribution in [0, 0.1) is 5.92 Å². The Kier molecular flexibility index (Phi) is 8.30. The number of fused-ring (bicyclic) bond motifs is 1. The van der Waals surface area contributed by atoms with Crippen LogP contribution in [0.5, 0.6) is 5.75 Å². The number of anilines is 2. The number of piperazine rings is 1. The van der Waals surface area contributed by atoms with Crippen molar-refractivity contribution in [2.75, 3.05) is 55.7 Å². The molecule has 0 spiro atoms. The van der Waals surface area contributed by atoms with Crippen LogP contribution in [0.15, 0.2) is 12.1 Å². The first-order chi connectivity index (χ1) is 17.1. The van der Waals surface area contributed by atoms with Gasteiger partial charge in [0.1, 0.15) is 11.4 Å². The lowest BCUT2D eigenvalue weighted by atomic mass is 10.0. The molecule has 1 aromatic rings. The maximum Gasteiger partial charge on any atom is 0.410 e. The number of aromatic hydroxyl groups is 1. The van der Waals surface area contributed by atoms with E-state index in [9.17, 15) is 14.7 Å². The van der Waals surface area contributed by atoms with Crippen molar-refractivity contribution in [3.63, 3.8) is 0 Å². The minimum Gasteiger partial charge on any atom is -0.506 e. The Balaban J connectivity index is 1.45. The summed E-state index contributed by atoms with van der Waals surface area (Å²) in [6.07, 6.45) is 4.04. The summed E-state index contributed by atoms with van der Waals surface area (Å²) in [7, 11) is 0. The van der Waals surface area contributed by atoms with Gasteiger partial charge in [-0.2, -0.15) is 0 Å². The largest absolute Gasteiger partial charge is 0.506 e. The van der Waals surface area contributed by atoms with Crippen molar-refractivity contribution in [2.24, 2.45) is 5.92 Å². The highest BCUT2D eigenvalue weighted by Gasteiger charge is 2.31. The van der Waals surface area contributed by atoms with Crippen molar-refractivity contribution in [2.45, 2.75) is 71.7 Å². The van der Waals surface area contributed by atoms with Crippen LogP contribution in [0.4, 0.5) is 16.2 Å². The van der Waals surface area contributed by atoms with Crippen LogP contribution in [0.1, 0.15) is 58.9 Å². The Morgan fingerprint density at radius 1 is 1.11 bits per heavy atom. The fraction of sp³-hybridized carbons (Fsp3) is 0.704. The van der Waals surface area contributed by atoms with Gasteiger partial charge in [0.25, 0.3) is 0 Å². The number of nitrogens with zero attached hydrogens (tertiary/aromatic N) is 3. The zero-order valence-electron chi connectivity index (χ0n) is 22.1. The number of aryl methyl sites for hydroxylation is 1. The highest BCUT2D eigenvalue weighted by atomic mass is 16.7. The van der Waals surface area contributed by atoms with Gasteiger partial charge < -0.3 is 34.0 Å². The SMILES string of the molecule is CC1CCc2cc(N3CCN(C(=O)OC(C)(C)C)CC3)c(O)cc2N(CCOC2CCCCO2)C1=O. The number of amides is 2. The van der Waals surface area contributed by atoms with Gasteiger partial charge in [0.15, 0.2) is 6.29 Å². The van der Waals surface area contributed by atoms with Gasteiger partial charge in [0.05, 0.1) is 18.0 Å². The van der Waals surface area contributed by atoms with E-state index in [2.05, 4.69) is 4.90 Å². The van der Waals surface area contributed by atoms with Crippen LogP contribution in [0.3, 0.4) is 0 Å². The molecule has 0 bridgehead atoms. The van der Waals surface area contributed by atoms with Crippen LogP contribution in [0.2, 0.25) is 0 Å². The molecule has 3 aliphatic heterocycles. The third kappa shape index (κ3) is 6.42. The van der Waals surface area contributed by atoms with E-state index in [1.807, 2.05) is 33.8 Å². The molecular weight excluding hydrogens is 462 g/mol. The van der Waals surface area contributed by atoms with Crippen LogP contribution in [0.25, 0.3) is 0 Å². The molecule has 2 amide bonds. The Morgan fingerprint density at radius 2 is 1.86 bits per heavy atom. The predicted molar refractivity (Wildman–Crippen MR) is 138 cm³/mol. The molecule has 0 aliphatic carbocycles. The number of hydrogen-bond donors (Lipinski definition) is 1. The number of phenols is 1. The summed E-state index contributed by atoms with van der Waals surface area (Å²) in [6, 6.07) is 3.73. The second kappa shape index (κ2) is 11.3. The monoisotopic (exact) mass is 503 g/mol. The fourth-order valence-corrected chi connectivity index (χ4v) is 5.00. The molecule has 3 aliphatic rings. The Bertz CT molecular complexity index is 932. The number of hydrogen-bond acceptors (Lipinski definition) is 7. The lowest BCUT2D eigenvalue weighted by Gasteiger charge is -2.37. The van der Waals surface area contributed by atoms with Crippen LogP contribution in [-0.2, 0) is 25.4 Å². The van der Waals surface area contributed by atoms with E-state index in [1.165, 1.54) is 0 Å². The molecule has 2 unspecified atom stereocenters. The van der Waals surface area contributed by atoms with E-state index in [4.69, 9.17) is 14.2 Å². The van der Waals surface area contributed by atoms with Crippen LogP contribution < -0.4 is 9.80 Å². The van der Waals surface area contributed by atoms with E-state index < -0.39 is 5.60 Å². The minimum atomic E-state index is -0.529. The van der Waals surface area contributed by atoms with E-state index in [0.717, 1.165) is 55.6 Å². The van der Waals surface area contributed by atoms with Crippen molar-refractivity contribution in [1.82, 2.24) is 4.90 Å². The smallest absolute Gasteiger partial charge is 0.410 e. The van der Waals surface area contributed by atoms with Crippen molar-refractivity contribution in [3.05, 3.63) is 17.7 Å². The molecular formula is C27H41N3O6. The fourth-order valence-electron chi connectivity index (χ4n) is 5.00. The summed E-state index contributed by atoms with van der Waals surface area (Å²) < 4.78 is 17.1. The van der Waals surface area contributed by atoms with Crippen molar-refractivity contribution < 1.29 is 28.9 Å². The van der Waals surface area contributed by atoms with Gasteiger partial charge in [0, 0.05) is 51.3 Å². The van der Waals surface area contributed by atoms with Gasteiger partial charge in [0.2, 0.25) is 5.91 Å². The molecule has 4 rings (SSSR count). The van der Waals surface area contributed by atoms with Crippen LogP contribution in [-0.4, -0.2) is 79.8 Å². The summed E-state index contributed by atoms with van der Waals surface area (Å²) in [5, 5.41) is 11.0. The second-order valence-corrected chi connectivity index (χ2v) is 11.0. The van der Waals surface area contributed by atoms with E-state index >= 15 is 0 Å². The number of carbonyl (C=O) groups excluding carboxylic acids is 2. The molecule has 2 fully saturated rings. The van der Waals surface area contributed by atoms with Gasteiger partial charge in [-0.1, -0.05) is 6.92 Å². The molecule has 9 heteroatoms. The first kappa shape index (κ1) is 26.5. The third-order valence-electron chi connectivity index (χ3n) is 7.03. The standard InChI is InChI=1S/C27H41N3O6/c1-19-8-9-20-17-22(28-10-12-29(13-11-28)26(33)36-27(2,3)4)23(31)18-21(20)30(25(19)32)14-16-35-24-7-5-6-15-34-24/h17-19,24,31H,5-16H2,1-4H3. The van der Waals surface area contributed by atoms with Crippen molar-refractivity contribution in [1.29, 1.82) is 0 Å². The van der Waals surface area contributed by atoms with E-state index in [-0.39, 0.29) is 30.0 Å². The highest BCUT2D eigenvalue weighted by molar-refractivity contribution is 5.97. The third-order valence-corrected chi connectivity index (χ3v) is 7.03. The molecule has 0 aromatic heterocycles. The Labute approximate surface area is 214 Å². The molecule has 2 atom stereocenters. The summed E-state index contributed by atoms with van der Waals surface area (Å²) >= 11 is 0. The van der Waals surface area contributed by atoms with Gasteiger partial charge >= 0.3 is 6.09 Å². The molecule has 2 saturated heterocycles. The molecule has 1 aromatic carbocycles. The number of rotatable bonds is 5. The van der Waals surface area contributed by atoms with E-state index in [0.29, 0.717) is 39.3 Å². The summed E-state index contributed by atoms with van der Waals surface area (Å²) in [4.78, 5) is 31.2. The summed E-state index contributed by atoms with van der Waals surface area (Å²) in [5.74, 6) is 0.0923. The number of ether oxygens (including phenoxy) is 3. The molecule has 3 heterocycles.